The summed E-state index contributed by atoms with van der Waals surface area (Å²) < 4.78 is 6.61. The Kier molecular flexibility index (Phi) is 5.59. The third-order valence-corrected chi connectivity index (χ3v) is 4.96. The molecule has 21 heavy (non-hydrogen) atoms. The Labute approximate surface area is 144 Å². The van der Waals surface area contributed by atoms with Crippen LogP contribution in [0.2, 0.25) is 5.02 Å². The molecule has 2 rings (SSSR count). The molecular weight excluding hydrogens is 371 g/mol. The lowest BCUT2D eigenvalue weighted by molar-refractivity contribution is 0.405. The molecular formula is C17H17BrCl2O. The minimum Gasteiger partial charge on any atom is -0.496 e. The summed E-state index contributed by atoms with van der Waals surface area (Å²) >= 11 is 16.3. The number of hydrogen-bond acceptors (Lipinski definition) is 1. The van der Waals surface area contributed by atoms with Gasteiger partial charge in [-0.1, -0.05) is 39.7 Å². The van der Waals surface area contributed by atoms with Crippen LogP contribution in [0, 0.1) is 13.8 Å². The van der Waals surface area contributed by atoms with Crippen LogP contribution in [0.4, 0.5) is 0 Å². The van der Waals surface area contributed by atoms with Crippen LogP contribution >= 0.6 is 39.1 Å². The van der Waals surface area contributed by atoms with E-state index in [1.54, 1.807) is 7.11 Å². The van der Waals surface area contributed by atoms with Gasteiger partial charge in [0.1, 0.15) is 5.75 Å². The number of benzene rings is 2. The van der Waals surface area contributed by atoms with Crippen molar-refractivity contribution < 1.29 is 4.74 Å². The lowest BCUT2D eigenvalue weighted by Crippen LogP contribution is -2.04. The summed E-state index contributed by atoms with van der Waals surface area (Å²) in [5.41, 5.74) is 4.33. The van der Waals surface area contributed by atoms with Crippen molar-refractivity contribution >= 4 is 39.1 Å². The second kappa shape index (κ2) is 7.04. The van der Waals surface area contributed by atoms with Crippen molar-refractivity contribution in [2.75, 3.05) is 7.11 Å². The Morgan fingerprint density at radius 3 is 2.57 bits per heavy atom. The predicted molar refractivity (Wildman–Crippen MR) is 93.9 cm³/mol. The van der Waals surface area contributed by atoms with Gasteiger partial charge < -0.3 is 4.74 Å². The molecule has 4 heteroatoms. The predicted octanol–water partition coefficient (Wildman–Crippen LogP) is 6.25. The molecule has 0 saturated heterocycles. The van der Waals surface area contributed by atoms with Gasteiger partial charge in [0.05, 0.1) is 12.5 Å². The fraction of sp³-hybridized carbons (Fsp3) is 0.294. The third kappa shape index (κ3) is 3.74. The number of methoxy groups -OCH3 is 1. The standard InChI is InChI=1S/C17H17BrCl2O/c1-10-7-14(18)11(2)16(17(10)21-3)15(20)9-12-5-4-6-13(19)8-12/h4-8,15H,9H2,1-3H3. The van der Waals surface area contributed by atoms with E-state index in [1.165, 1.54) is 0 Å². The highest BCUT2D eigenvalue weighted by atomic mass is 79.9. The quantitative estimate of drug-likeness (QED) is 0.563. The second-order valence-corrected chi connectivity index (χ2v) is 6.87. The summed E-state index contributed by atoms with van der Waals surface area (Å²) in [6.45, 7) is 4.07. The molecule has 0 spiro atoms. The highest BCUT2D eigenvalue weighted by Gasteiger charge is 2.20. The number of aryl methyl sites for hydroxylation is 1. The van der Waals surface area contributed by atoms with Crippen LogP contribution in [-0.2, 0) is 6.42 Å². The van der Waals surface area contributed by atoms with E-state index >= 15 is 0 Å². The molecule has 0 fully saturated rings. The van der Waals surface area contributed by atoms with Crippen LogP contribution in [0.5, 0.6) is 5.75 Å². The molecule has 0 N–H and O–H groups in total. The van der Waals surface area contributed by atoms with Gasteiger partial charge in [0.25, 0.3) is 0 Å². The number of alkyl halides is 1. The van der Waals surface area contributed by atoms with E-state index in [-0.39, 0.29) is 5.38 Å². The van der Waals surface area contributed by atoms with Crippen LogP contribution in [0.1, 0.15) is 27.6 Å². The summed E-state index contributed by atoms with van der Waals surface area (Å²) in [4.78, 5) is 0. The van der Waals surface area contributed by atoms with Crippen molar-refractivity contribution in [1.29, 1.82) is 0 Å². The summed E-state index contributed by atoms with van der Waals surface area (Å²) in [6.07, 6.45) is 0.704. The Bertz CT molecular complexity index is 655. The molecule has 0 saturated carbocycles. The zero-order valence-electron chi connectivity index (χ0n) is 12.2. The van der Waals surface area contributed by atoms with Crippen LogP contribution in [0.15, 0.2) is 34.8 Å². The van der Waals surface area contributed by atoms with Gasteiger partial charge in [0, 0.05) is 15.1 Å². The van der Waals surface area contributed by atoms with E-state index in [4.69, 9.17) is 27.9 Å². The normalized spacial score (nSPS) is 12.3. The number of halogens is 3. The van der Waals surface area contributed by atoms with Crippen LogP contribution < -0.4 is 4.74 Å². The van der Waals surface area contributed by atoms with Gasteiger partial charge in [0.2, 0.25) is 0 Å². The van der Waals surface area contributed by atoms with E-state index in [2.05, 4.69) is 28.9 Å². The molecule has 0 aliphatic rings. The molecule has 0 heterocycles. The fourth-order valence-corrected chi connectivity index (χ4v) is 3.71. The van der Waals surface area contributed by atoms with Gasteiger partial charge in [-0.05, 0) is 55.2 Å². The minimum absolute atomic E-state index is 0.172. The molecule has 0 aromatic heterocycles. The smallest absolute Gasteiger partial charge is 0.126 e. The maximum atomic E-state index is 6.68. The van der Waals surface area contributed by atoms with Gasteiger partial charge in [-0.25, -0.2) is 0 Å². The second-order valence-electron chi connectivity index (χ2n) is 5.05. The maximum Gasteiger partial charge on any atom is 0.126 e. The average Bonchev–Trinajstić information content (AvgIpc) is 2.42. The molecule has 112 valence electrons. The molecule has 2 aromatic rings. The number of ether oxygens (including phenoxy) is 1. The van der Waals surface area contributed by atoms with Crippen molar-refractivity contribution in [2.24, 2.45) is 0 Å². The lowest BCUT2D eigenvalue weighted by Gasteiger charge is -2.20. The third-order valence-electron chi connectivity index (χ3n) is 3.53. The Balaban J connectivity index is 2.41. The molecule has 0 aliphatic heterocycles. The monoisotopic (exact) mass is 386 g/mol. The van der Waals surface area contributed by atoms with Gasteiger partial charge in [0.15, 0.2) is 0 Å². The van der Waals surface area contributed by atoms with Gasteiger partial charge in [-0.3, -0.25) is 0 Å². The Morgan fingerprint density at radius 2 is 1.95 bits per heavy atom. The maximum absolute atomic E-state index is 6.68. The topological polar surface area (TPSA) is 9.23 Å². The first-order chi connectivity index (χ1) is 9.93. The highest BCUT2D eigenvalue weighted by Crippen LogP contribution is 2.40. The van der Waals surface area contributed by atoms with Crippen LogP contribution in [-0.4, -0.2) is 7.11 Å². The van der Waals surface area contributed by atoms with Gasteiger partial charge >= 0.3 is 0 Å². The van der Waals surface area contributed by atoms with Crippen LogP contribution in [0.3, 0.4) is 0 Å². The first-order valence-electron chi connectivity index (χ1n) is 6.66. The summed E-state index contributed by atoms with van der Waals surface area (Å²) in [7, 11) is 1.68. The molecule has 1 nitrogen and oxygen atoms in total. The number of rotatable bonds is 4. The van der Waals surface area contributed by atoms with Gasteiger partial charge in [-0.15, -0.1) is 11.6 Å². The summed E-state index contributed by atoms with van der Waals surface area (Å²) in [6, 6.07) is 9.85. The van der Waals surface area contributed by atoms with Gasteiger partial charge in [-0.2, -0.15) is 0 Å². The van der Waals surface area contributed by atoms with E-state index < -0.39 is 0 Å². The number of hydrogen-bond donors (Lipinski definition) is 0. The zero-order chi connectivity index (χ0) is 15.6. The largest absolute Gasteiger partial charge is 0.496 e. The van der Waals surface area contributed by atoms with Crippen molar-refractivity contribution in [3.05, 3.63) is 62.1 Å². The Hall–Kier alpha value is -0.700. The molecule has 2 aromatic carbocycles. The van der Waals surface area contributed by atoms with E-state index in [1.807, 2.05) is 31.2 Å². The summed E-state index contributed by atoms with van der Waals surface area (Å²) in [5, 5.41) is 0.556. The average molecular weight is 388 g/mol. The lowest BCUT2D eigenvalue weighted by atomic mass is 9.96. The molecule has 0 amide bonds. The molecule has 0 radical (unpaired) electrons. The van der Waals surface area contributed by atoms with Crippen molar-refractivity contribution in [3.63, 3.8) is 0 Å². The van der Waals surface area contributed by atoms with Crippen LogP contribution in [0.25, 0.3) is 0 Å². The zero-order valence-corrected chi connectivity index (χ0v) is 15.3. The summed E-state index contributed by atoms with van der Waals surface area (Å²) in [5.74, 6) is 0.859. The molecule has 0 aliphatic carbocycles. The van der Waals surface area contributed by atoms with E-state index in [0.29, 0.717) is 6.42 Å². The van der Waals surface area contributed by atoms with E-state index in [0.717, 1.165) is 37.5 Å². The molecule has 1 atom stereocenters. The van der Waals surface area contributed by atoms with Crippen molar-refractivity contribution in [2.45, 2.75) is 25.6 Å². The highest BCUT2D eigenvalue weighted by molar-refractivity contribution is 9.10. The fourth-order valence-electron chi connectivity index (χ4n) is 2.50. The van der Waals surface area contributed by atoms with E-state index in [9.17, 15) is 0 Å². The molecule has 1 unspecified atom stereocenters. The Morgan fingerprint density at radius 1 is 1.24 bits per heavy atom. The van der Waals surface area contributed by atoms with Crippen molar-refractivity contribution in [1.82, 2.24) is 0 Å². The minimum atomic E-state index is -0.172. The first-order valence-corrected chi connectivity index (χ1v) is 8.27. The van der Waals surface area contributed by atoms with Crippen molar-refractivity contribution in [3.8, 4) is 5.75 Å². The first kappa shape index (κ1) is 16.7. The molecule has 0 bridgehead atoms. The SMILES string of the molecule is COc1c(C)cc(Br)c(C)c1C(Cl)Cc1cccc(Cl)c1.